The first-order chi connectivity index (χ1) is 7.54. The zero-order valence-corrected chi connectivity index (χ0v) is 10.6. The van der Waals surface area contributed by atoms with Crippen LogP contribution in [0.1, 0.15) is 16.8 Å². The highest BCUT2D eigenvalue weighted by molar-refractivity contribution is 9.09. The van der Waals surface area contributed by atoms with Crippen molar-refractivity contribution in [2.75, 3.05) is 10.6 Å². The Morgan fingerprint density at radius 3 is 2.62 bits per heavy atom. The van der Waals surface area contributed by atoms with Crippen LogP contribution >= 0.6 is 27.5 Å². The molecule has 0 spiro atoms. The van der Waals surface area contributed by atoms with Crippen LogP contribution in [0.15, 0.2) is 18.2 Å². The highest BCUT2D eigenvalue weighted by Gasteiger charge is 2.08. The molecule has 0 aliphatic rings. The minimum atomic E-state index is -0.594. The molecule has 0 aliphatic heterocycles. The zero-order chi connectivity index (χ0) is 12.1. The number of carbonyl (C=O) groups excluding carboxylic acids is 2. The van der Waals surface area contributed by atoms with E-state index in [9.17, 15) is 9.59 Å². The van der Waals surface area contributed by atoms with Crippen molar-refractivity contribution in [2.24, 2.45) is 5.73 Å². The van der Waals surface area contributed by atoms with Crippen LogP contribution in [0.25, 0.3) is 0 Å². The topological polar surface area (TPSA) is 72.2 Å². The van der Waals surface area contributed by atoms with Crippen LogP contribution in [0.3, 0.4) is 0 Å². The summed E-state index contributed by atoms with van der Waals surface area (Å²) >= 11 is 8.98. The number of hydrogen-bond acceptors (Lipinski definition) is 2. The molecular formula is C10H10BrClN2O2. The van der Waals surface area contributed by atoms with E-state index in [-0.39, 0.29) is 16.5 Å². The molecule has 6 heteroatoms. The molecule has 0 aliphatic carbocycles. The number of rotatable bonds is 4. The Morgan fingerprint density at radius 1 is 1.44 bits per heavy atom. The van der Waals surface area contributed by atoms with Gasteiger partial charge in [-0.05, 0) is 18.2 Å². The van der Waals surface area contributed by atoms with Gasteiger partial charge in [0.1, 0.15) is 0 Å². The van der Waals surface area contributed by atoms with Crippen molar-refractivity contribution < 1.29 is 9.59 Å². The summed E-state index contributed by atoms with van der Waals surface area (Å²) in [6.45, 7) is 0. The molecule has 86 valence electrons. The first-order valence-corrected chi connectivity index (χ1v) is 5.99. The van der Waals surface area contributed by atoms with Crippen molar-refractivity contribution >= 4 is 45.0 Å². The van der Waals surface area contributed by atoms with Gasteiger partial charge in [-0.2, -0.15) is 0 Å². The van der Waals surface area contributed by atoms with E-state index in [1.807, 2.05) is 0 Å². The molecule has 2 amide bonds. The number of anilines is 1. The normalized spacial score (nSPS) is 9.88. The molecule has 3 N–H and O–H groups in total. The van der Waals surface area contributed by atoms with Crippen molar-refractivity contribution in [3.8, 4) is 0 Å². The van der Waals surface area contributed by atoms with Gasteiger partial charge < -0.3 is 11.1 Å². The summed E-state index contributed by atoms with van der Waals surface area (Å²) in [7, 11) is 0. The van der Waals surface area contributed by atoms with Crippen LogP contribution in [-0.2, 0) is 4.79 Å². The standard InChI is InChI=1S/C10H10BrClN2O2/c11-4-3-9(15)14-6-1-2-7(10(13)16)8(12)5-6/h1-2,5H,3-4H2,(H2,13,16)(H,14,15). The molecular weight excluding hydrogens is 295 g/mol. The van der Waals surface area contributed by atoms with E-state index in [0.29, 0.717) is 17.4 Å². The van der Waals surface area contributed by atoms with Gasteiger partial charge in [0.15, 0.2) is 0 Å². The smallest absolute Gasteiger partial charge is 0.250 e. The fourth-order valence-corrected chi connectivity index (χ4v) is 1.74. The highest BCUT2D eigenvalue weighted by Crippen LogP contribution is 2.20. The lowest BCUT2D eigenvalue weighted by atomic mass is 10.2. The van der Waals surface area contributed by atoms with E-state index in [2.05, 4.69) is 21.2 Å². The second kappa shape index (κ2) is 5.86. The van der Waals surface area contributed by atoms with Crippen LogP contribution in [0.4, 0.5) is 5.69 Å². The van der Waals surface area contributed by atoms with Gasteiger partial charge in [-0.15, -0.1) is 0 Å². The first-order valence-electron chi connectivity index (χ1n) is 4.49. The van der Waals surface area contributed by atoms with Crippen LogP contribution < -0.4 is 11.1 Å². The van der Waals surface area contributed by atoms with Gasteiger partial charge in [0.2, 0.25) is 11.8 Å². The van der Waals surface area contributed by atoms with E-state index < -0.39 is 5.91 Å². The maximum absolute atomic E-state index is 11.3. The molecule has 1 rings (SSSR count). The maximum atomic E-state index is 11.3. The van der Waals surface area contributed by atoms with Gasteiger partial charge in [0.05, 0.1) is 10.6 Å². The lowest BCUT2D eigenvalue weighted by molar-refractivity contribution is -0.115. The summed E-state index contributed by atoms with van der Waals surface area (Å²) in [5.41, 5.74) is 5.88. The fraction of sp³-hybridized carbons (Fsp3) is 0.200. The third-order valence-corrected chi connectivity index (χ3v) is 2.55. The Balaban J connectivity index is 2.81. The molecule has 0 bridgehead atoms. The number of benzene rings is 1. The van der Waals surface area contributed by atoms with Crippen molar-refractivity contribution in [2.45, 2.75) is 6.42 Å². The summed E-state index contributed by atoms with van der Waals surface area (Å²) < 4.78 is 0. The Kier molecular flexibility index (Phi) is 4.76. The quantitative estimate of drug-likeness (QED) is 0.837. The van der Waals surface area contributed by atoms with Crippen molar-refractivity contribution in [1.82, 2.24) is 0 Å². The molecule has 0 aromatic heterocycles. The van der Waals surface area contributed by atoms with Crippen molar-refractivity contribution in [3.05, 3.63) is 28.8 Å². The highest BCUT2D eigenvalue weighted by atomic mass is 79.9. The van der Waals surface area contributed by atoms with Crippen LogP contribution in [-0.4, -0.2) is 17.1 Å². The van der Waals surface area contributed by atoms with Gasteiger partial charge in [-0.25, -0.2) is 0 Å². The number of nitrogens with two attached hydrogens (primary N) is 1. The minimum Gasteiger partial charge on any atom is -0.366 e. The molecule has 0 atom stereocenters. The monoisotopic (exact) mass is 304 g/mol. The third-order valence-electron chi connectivity index (χ3n) is 1.84. The number of nitrogens with one attached hydrogen (secondary N) is 1. The number of hydrogen-bond donors (Lipinski definition) is 2. The molecule has 4 nitrogen and oxygen atoms in total. The van der Waals surface area contributed by atoms with Gasteiger partial charge in [-0.1, -0.05) is 27.5 Å². The van der Waals surface area contributed by atoms with Gasteiger partial charge in [-0.3, -0.25) is 9.59 Å². The zero-order valence-electron chi connectivity index (χ0n) is 8.30. The van der Waals surface area contributed by atoms with E-state index in [4.69, 9.17) is 17.3 Å². The average Bonchev–Trinajstić information content (AvgIpc) is 2.17. The predicted molar refractivity (Wildman–Crippen MR) is 67.0 cm³/mol. The van der Waals surface area contributed by atoms with E-state index in [1.165, 1.54) is 12.1 Å². The Labute approximate surface area is 106 Å². The van der Waals surface area contributed by atoms with Crippen LogP contribution in [0, 0.1) is 0 Å². The first kappa shape index (κ1) is 13.0. The lowest BCUT2D eigenvalue weighted by Crippen LogP contribution is -2.14. The van der Waals surface area contributed by atoms with Crippen LogP contribution in [0.5, 0.6) is 0 Å². The molecule has 0 saturated carbocycles. The molecule has 1 aromatic rings. The minimum absolute atomic E-state index is 0.125. The Bertz CT molecular complexity index is 423. The maximum Gasteiger partial charge on any atom is 0.250 e. The van der Waals surface area contributed by atoms with Gasteiger partial charge >= 0.3 is 0 Å². The van der Waals surface area contributed by atoms with E-state index >= 15 is 0 Å². The summed E-state index contributed by atoms with van der Waals surface area (Å²) in [6, 6.07) is 4.56. The molecule has 0 fully saturated rings. The Morgan fingerprint density at radius 2 is 2.12 bits per heavy atom. The molecule has 16 heavy (non-hydrogen) atoms. The summed E-state index contributed by atoms with van der Waals surface area (Å²) in [4.78, 5) is 22.2. The van der Waals surface area contributed by atoms with Gasteiger partial charge in [0, 0.05) is 17.4 Å². The Hall–Kier alpha value is -1.07. The SMILES string of the molecule is NC(=O)c1ccc(NC(=O)CCBr)cc1Cl. The molecule has 1 aromatic carbocycles. The average molecular weight is 306 g/mol. The number of alkyl halides is 1. The largest absolute Gasteiger partial charge is 0.366 e. The number of carbonyl (C=O) groups is 2. The number of primary amides is 1. The van der Waals surface area contributed by atoms with Crippen molar-refractivity contribution in [1.29, 1.82) is 0 Å². The number of halogens is 2. The number of amides is 2. The van der Waals surface area contributed by atoms with Crippen molar-refractivity contribution in [3.63, 3.8) is 0 Å². The fourth-order valence-electron chi connectivity index (χ4n) is 1.10. The lowest BCUT2D eigenvalue weighted by Gasteiger charge is -2.06. The second-order valence-corrected chi connectivity index (χ2v) is 4.25. The second-order valence-electron chi connectivity index (χ2n) is 3.05. The summed E-state index contributed by atoms with van der Waals surface area (Å²) in [5, 5.41) is 3.46. The summed E-state index contributed by atoms with van der Waals surface area (Å²) in [5.74, 6) is -0.719. The third kappa shape index (κ3) is 3.50. The molecule has 0 radical (unpaired) electrons. The molecule has 0 unspecified atom stereocenters. The van der Waals surface area contributed by atoms with Gasteiger partial charge in [0.25, 0.3) is 0 Å². The molecule has 0 heterocycles. The van der Waals surface area contributed by atoms with E-state index in [1.54, 1.807) is 6.07 Å². The van der Waals surface area contributed by atoms with Crippen LogP contribution in [0.2, 0.25) is 5.02 Å². The van der Waals surface area contributed by atoms with E-state index in [0.717, 1.165) is 0 Å². The molecule has 0 saturated heterocycles. The summed E-state index contributed by atoms with van der Waals surface area (Å²) in [6.07, 6.45) is 0.370. The predicted octanol–water partition coefficient (Wildman–Crippen LogP) is 2.16.